The van der Waals surface area contributed by atoms with Crippen LogP contribution < -0.4 is 5.32 Å². The fourth-order valence-corrected chi connectivity index (χ4v) is 2.24. The Kier molecular flexibility index (Phi) is 3.53. The highest BCUT2D eigenvalue weighted by molar-refractivity contribution is 5.61. The van der Waals surface area contributed by atoms with E-state index in [1.54, 1.807) is 13.0 Å². The van der Waals surface area contributed by atoms with Gasteiger partial charge in [0.25, 0.3) is 0 Å². The average Bonchev–Trinajstić information content (AvgIpc) is 2.93. The zero-order valence-corrected chi connectivity index (χ0v) is 12.0. The average molecular weight is 317 g/mol. The second-order valence-corrected chi connectivity index (χ2v) is 4.94. The maximum absolute atomic E-state index is 13.3. The monoisotopic (exact) mass is 317 g/mol. The number of halogens is 1. The topological polar surface area (TPSA) is 106 Å². The molecule has 0 saturated carbocycles. The molecule has 9 heteroatoms. The van der Waals surface area contributed by atoms with Crippen molar-refractivity contribution >= 4 is 17.2 Å². The highest BCUT2D eigenvalue weighted by Gasteiger charge is 2.18. The molecule has 0 radical (unpaired) electrons. The summed E-state index contributed by atoms with van der Waals surface area (Å²) in [5.74, 6) is -0.179. The van der Waals surface area contributed by atoms with Crippen molar-refractivity contribution in [3.63, 3.8) is 0 Å². The quantitative estimate of drug-likeness (QED) is 0.566. The lowest BCUT2D eigenvalue weighted by Gasteiger charge is -2.16. The minimum atomic E-state index is -0.569. The maximum atomic E-state index is 13.3. The van der Waals surface area contributed by atoms with E-state index >= 15 is 0 Å². The van der Waals surface area contributed by atoms with E-state index in [0.29, 0.717) is 11.4 Å². The molecular weight excluding hydrogens is 305 g/mol. The van der Waals surface area contributed by atoms with E-state index in [0.717, 1.165) is 12.3 Å². The van der Waals surface area contributed by atoms with E-state index in [-0.39, 0.29) is 17.1 Å². The van der Waals surface area contributed by atoms with Crippen LogP contribution in [-0.2, 0) is 0 Å². The van der Waals surface area contributed by atoms with Crippen molar-refractivity contribution in [1.29, 1.82) is 0 Å². The first-order chi connectivity index (χ1) is 11.0. The van der Waals surface area contributed by atoms with Crippen LogP contribution in [0, 0.1) is 15.9 Å². The van der Waals surface area contributed by atoms with Gasteiger partial charge in [-0.2, -0.15) is 5.10 Å². The molecule has 0 aliphatic rings. The van der Waals surface area contributed by atoms with Crippen molar-refractivity contribution in [2.75, 3.05) is 5.32 Å². The summed E-state index contributed by atoms with van der Waals surface area (Å²) >= 11 is 0. The van der Waals surface area contributed by atoms with Crippen LogP contribution in [-0.4, -0.2) is 24.6 Å². The van der Waals surface area contributed by atoms with Crippen LogP contribution in [0.2, 0.25) is 0 Å². The number of aromatic hydroxyl groups is 1. The summed E-state index contributed by atoms with van der Waals surface area (Å²) in [6.45, 7) is 1.71. The maximum Gasteiger partial charge on any atom is 0.333 e. The van der Waals surface area contributed by atoms with E-state index < -0.39 is 16.8 Å². The van der Waals surface area contributed by atoms with Gasteiger partial charge in [-0.25, -0.2) is 13.9 Å². The van der Waals surface area contributed by atoms with Gasteiger partial charge < -0.3 is 10.4 Å². The third kappa shape index (κ3) is 2.76. The van der Waals surface area contributed by atoms with Gasteiger partial charge in [0.1, 0.15) is 23.6 Å². The van der Waals surface area contributed by atoms with Crippen molar-refractivity contribution in [2.45, 2.75) is 13.0 Å². The van der Waals surface area contributed by atoms with Gasteiger partial charge in [0.05, 0.1) is 11.0 Å². The van der Waals surface area contributed by atoms with E-state index in [4.69, 9.17) is 0 Å². The van der Waals surface area contributed by atoms with E-state index in [1.165, 1.54) is 22.8 Å². The molecule has 8 nitrogen and oxygen atoms in total. The summed E-state index contributed by atoms with van der Waals surface area (Å²) in [6, 6.07) is 4.76. The van der Waals surface area contributed by atoms with Crippen LogP contribution in [0.25, 0.3) is 5.65 Å². The number of rotatable bonds is 4. The van der Waals surface area contributed by atoms with E-state index in [1.807, 2.05) is 0 Å². The molecule has 0 amide bonds. The number of phenolic OH excluding ortho intramolecular Hbond substituents is 1. The molecule has 0 unspecified atom stereocenters. The number of phenols is 1. The molecule has 118 valence electrons. The molecule has 1 atom stereocenters. The van der Waals surface area contributed by atoms with Crippen LogP contribution in [0.1, 0.15) is 18.5 Å². The zero-order chi connectivity index (χ0) is 16.6. The zero-order valence-electron chi connectivity index (χ0n) is 12.0. The molecule has 0 aliphatic heterocycles. The van der Waals surface area contributed by atoms with Crippen molar-refractivity contribution in [3.05, 3.63) is 58.2 Å². The molecule has 2 heterocycles. The van der Waals surface area contributed by atoms with Crippen LogP contribution in [0.15, 0.2) is 36.7 Å². The largest absolute Gasteiger partial charge is 0.508 e. The first-order valence-electron chi connectivity index (χ1n) is 6.69. The van der Waals surface area contributed by atoms with Crippen LogP contribution >= 0.6 is 0 Å². The van der Waals surface area contributed by atoms with Crippen LogP contribution in [0.4, 0.5) is 15.9 Å². The van der Waals surface area contributed by atoms with Crippen LogP contribution in [0.3, 0.4) is 0 Å². The lowest BCUT2D eigenvalue weighted by atomic mass is 10.1. The van der Waals surface area contributed by atoms with Crippen molar-refractivity contribution in [3.8, 4) is 5.75 Å². The van der Waals surface area contributed by atoms with Gasteiger partial charge in [0.2, 0.25) is 5.65 Å². The van der Waals surface area contributed by atoms with Crippen LogP contribution in [0.5, 0.6) is 5.75 Å². The Morgan fingerprint density at radius 1 is 1.43 bits per heavy atom. The molecule has 2 N–H and O–H groups in total. The molecule has 3 aromatic rings. The van der Waals surface area contributed by atoms with Crippen molar-refractivity contribution in [1.82, 2.24) is 14.6 Å². The summed E-state index contributed by atoms with van der Waals surface area (Å²) in [6.07, 6.45) is 2.64. The lowest BCUT2D eigenvalue weighted by molar-refractivity contribution is -0.383. The van der Waals surface area contributed by atoms with Gasteiger partial charge in [-0.05, 0) is 31.2 Å². The summed E-state index contributed by atoms with van der Waals surface area (Å²) in [5, 5.41) is 27.6. The van der Waals surface area contributed by atoms with E-state index in [2.05, 4.69) is 15.4 Å². The number of benzene rings is 1. The van der Waals surface area contributed by atoms with Crippen molar-refractivity contribution < 1.29 is 14.4 Å². The number of anilines is 1. The highest BCUT2D eigenvalue weighted by Crippen LogP contribution is 2.27. The molecule has 0 saturated heterocycles. The standard InChI is InChI=1S/C14H12FN5O3/c1-8(10-6-9(15)2-3-12(10)21)17-13-4-5-19-14(18-13)11(7-16-19)20(22)23/h2-8,21H,1H3,(H,17,18)/t8-/m0/s1. The third-order valence-corrected chi connectivity index (χ3v) is 3.37. The van der Waals surface area contributed by atoms with Gasteiger partial charge in [0, 0.05) is 11.8 Å². The predicted molar refractivity (Wildman–Crippen MR) is 79.7 cm³/mol. The summed E-state index contributed by atoms with van der Waals surface area (Å²) in [4.78, 5) is 14.5. The Labute approximate surface area is 129 Å². The first kappa shape index (κ1) is 14.7. The minimum absolute atomic E-state index is 0.0530. The van der Waals surface area contributed by atoms with Gasteiger partial charge >= 0.3 is 5.69 Å². The van der Waals surface area contributed by atoms with Gasteiger partial charge in [-0.15, -0.1) is 0 Å². The normalized spacial score (nSPS) is 12.3. The number of aromatic nitrogens is 3. The molecule has 0 bridgehead atoms. The molecule has 0 fully saturated rings. The number of fused-ring (bicyclic) bond motifs is 1. The Morgan fingerprint density at radius 3 is 2.96 bits per heavy atom. The number of nitrogens with zero attached hydrogens (tertiary/aromatic N) is 4. The molecule has 23 heavy (non-hydrogen) atoms. The Bertz CT molecular complexity index is 895. The second-order valence-electron chi connectivity index (χ2n) is 4.94. The second kappa shape index (κ2) is 5.52. The Balaban J connectivity index is 1.93. The molecule has 2 aromatic heterocycles. The lowest BCUT2D eigenvalue weighted by Crippen LogP contribution is -2.09. The smallest absolute Gasteiger partial charge is 0.333 e. The summed E-state index contributed by atoms with van der Waals surface area (Å²) in [7, 11) is 0. The highest BCUT2D eigenvalue weighted by atomic mass is 19.1. The van der Waals surface area contributed by atoms with E-state index in [9.17, 15) is 19.6 Å². The SMILES string of the molecule is C[C@H](Nc1ccn2ncc([N+](=O)[O-])c2n1)c1cc(F)ccc1O. The summed E-state index contributed by atoms with van der Waals surface area (Å²) in [5.41, 5.74) is 0.236. The fourth-order valence-electron chi connectivity index (χ4n) is 2.24. The van der Waals surface area contributed by atoms with Gasteiger partial charge in [-0.1, -0.05) is 0 Å². The number of hydrogen-bond donors (Lipinski definition) is 2. The minimum Gasteiger partial charge on any atom is -0.508 e. The first-order valence-corrected chi connectivity index (χ1v) is 6.69. The number of nitrogens with one attached hydrogen (secondary N) is 1. The fraction of sp³-hybridized carbons (Fsp3) is 0.143. The third-order valence-electron chi connectivity index (χ3n) is 3.37. The molecule has 0 aliphatic carbocycles. The number of hydrogen-bond acceptors (Lipinski definition) is 6. The summed E-state index contributed by atoms with van der Waals surface area (Å²) < 4.78 is 14.6. The molecular formula is C14H12FN5O3. The van der Waals surface area contributed by atoms with Gasteiger partial charge in [-0.3, -0.25) is 10.1 Å². The Morgan fingerprint density at radius 2 is 2.22 bits per heavy atom. The van der Waals surface area contributed by atoms with Crippen molar-refractivity contribution in [2.24, 2.45) is 0 Å². The predicted octanol–water partition coefficient (Wildman–Crippen LogP) is 2.66. The number of nitro groups is 1. The van der Waals surface area contributed by atoms with Gasteiger partial charge in [0.15, 0.2) is 0 Å². The molecule has 0 spiro atoms. The molecule has 3 rings (SSSR count). The Hall–Kier alpha value is -3.23. The molecule has 1 aromatic carbocycles.